The van der Waals surface area contributed by atoms with Crippen LogP contribution in [0.15, 0.2) is 47.5 Å². The van der Waals surface area contributed by atoms with E-state index in [1.54, 1.807) is 12.1 Å². The van der Waals surface area contributed by atoms with E-state index < -0.39 is 17.9 Å². The third kappa shape index (κ3) is 5.72. The number of nitrogens with zero attached hydrogens (tertiary/aromatic N) is 1. The van der Waals surface area contributed by atoms with Crippen molar-refractivity contribution in [3.05, 3.63) is 54.0 Å². The number of halogens is 1. The van der Waals surface area contributed by atoms with Crippen molar-refractivity contribution in [2.75, 3.05) is 13.2 Å². The second-order valence-electron chi connectivity index (χ2n) is 5.38. The lowest BCUT2D eigenvalue weighted by Crippen LogP contribution is -2.44. The summed E-state index contributed by atoms with van der Waals surface area (Å²) in [5.41, 5.74) is 0.711. The Morgan fingerprint density at radius 3 is 2.88 bits per heavy atom. The van der Waals surface area contributed by atoms with E-state index in [9.17, 15) is 9.59 Å². The van der Waals surface area contributed by atoms with Gasteiger partial charge in [-0.15, -0.1) is 6.58 Å². The van der Waals surface area contributed by atoms with E-state index in [0.717, 1.165) is 0 Å². The average molecular weight is 379 g/mol. The van der Waals surface area contributed by atoms with Gasteiger partial charge in [0.2, 0.25) is 5.91 Å². The predicted molar refractivity (Wildman–Crippen MR) is 95.9 cm³/mol. The van der Waals surface area contributed by atoms with Gasteiger partial charge in [-0.25, -0.2) is 9.78 Å². The molecule has 1 aromatic heterocycles. The molecule has 0 saturated carbocycles. The summed E-state index contributed by atoms with van der Waals surface area (Å²) in [6, 6.07) is 6.07. The van der Waals surface area contributed by atoms with Gasteiger partial charge in [0, 0.05) is 18.4 Å². The Bertz CT molecular complexity index is 774. The molecule has 1 heterocycles. The van der Waals surface area contributed by atoms with E-state index in [0.29, 0.717) is 22.2 Å². The molecule has 1 amide bonds. The Morgan fingerprint density at radius 2 is 2.19 bits per heavy atom. The molecular weight excluding hydrogens is 360 g/mol. The van der Waals surface area contributed by atoms with E-state index in [1.165, 1.54) is 12.3 Å². The molecule has 0 aliphatic heterocycles. The van der Waals surface area contributed by atoms with Crippen molar-refractivity contribution in [1.29, 1.82) is 0 Å². The van der Waals surface area contributed by atoms with Gasteiger partial charge in [0.25, 0.3) is 0 Å². The quantitative estimate of drug-likeness (QED) is 0.487. The van der Waals surface area contributed by atoms with Crippen molar-refractivity contribution in [1.82, 2.24) is 10.3 Å². The highest BCUT2D eigenvalue weighted by atomic mass is 35.5. The molecule has 0 bridgehead atoms. The second-order valence-corrected chi connectivity index (χ2v) is 5.79. The smallest absolute Gasteiger partial charge is 0.328 e. The number of hydrogen-bond donors (Lipinski definition) is 2. The molecule has 26 heavy (non-hydrogen) atoms. The van der Waals surface area contributed by atoms with Crippen LogP contribution in [0.1, 0.15) is 12.3 Å². The van der Waals surface area contributed by atoms with Crippen LogP contribution in [0, 0.1) is 0 Å². The molecule has 0 aliphatic carbocycles. The predicted octanol–water partition coefficient (Wildman–Crippen LogP) is 2.70. The number of amides is 1. The number of aliphatic carboxylic acids is 1. The summed E-state index contributed by atoms with van der Waals surface area (Å²) < 4.78 is 10.7. The van der Waals surface area contributed by atoms with Crippen LogP contribution in [-0.2, 0) is 20.7 Å². The first-order valence-electron chi connectivity index (χ1n) is 7.91. The Morgan fingerprint density at radius 1 is 1.42 bits per heavy atom. The number of nitrogens with one attached hydrogen (secondary N) is 1. The van der Waals surface area contributed by atoms with Crippen molar-refractivity contribution in [3.63, 3.8) is 0 Å². The monoisotopic (exact) mass is 378 g/mol. The minimum Gasteiger partial charge on any atom is -0.480 e. The number of hydrogen-bond acceptors (Lipinski definition) is 5. The highest BCUT2D eigenvalue weighted by Crippen LogP contribution is 2.28. The van der Waals surface area contributed by atoms with Crippen LogP contribution < -0.4 is 5.32 Å². The van der Waals surface area contributed by atoms with Crippen molar-refractivity contribution >= 4 is 23.5 Å². The normalized spacial score (nSPS) is 11.7. The Labute approximate surface area is 155 Å². The number of aromatic nitrogens is 1. The second kappa shape index (κ2) is 9.74. The van der Waals surface area contributed by atoms with Crippen LogP contribution in [-0.4, -0.2) is 41.2 Å². The zero-order valence-electron chi connectivity index (χ0n) is 14.0. The summed E-state index contributed by atoms with van der Waals surface area (Å²) in [5, 5.41) is 12.0. The average Bonchev–Trinajstić information content (AvgIpc) is 3.08. The van der Waals surface area contributed by atoms with Gasteiger partial charge in [-0.2, -0.15) is 0 Å². The third-order valence-electron chi connectivity index (χ3n) is 3.41. The lowest BCUT2D eigenvalue weighted by atomic mass is 10.2. The lowest BCUT2D eigenvalue weighted by molar-refractivity contribution is -0.143. The number of aryl methyl sites for hydroxylation is 1. The van der Waals surface area contributed by atoms with Gasteiger partial charge in [-0.05, 0) is 12.1 Å². The lowest BCUT2D eigenvalue weighted by Gasteiger charge is -2.13. The number of oxazole rings is 1. The maximum absolute atomic E-state index is 12.0. The summed E-state index contributed by atoms with van der Waals surface area (Å²) >= 11 is 6.11. The molecule has 1 unspecified atom stereocenters. The molecular formula is C18H19ClN2O5. The summed E-state index contributed by atoms with van der Waals surface area (Å²) in [6.07, 6.45) is 3.31. The molecule has 0 fully saturated rings. The topological polar surface area (TPSA) is 102 Å². The minimum absolute atomic E-state index is 0.0354. The van der Waals surface area contributed by atoms with Gasteiger partial charge in [0.1, 0.15) is 0 Å². The molecule has 2 aromatic rings. The standard InChI is InChI=1S/C18H19ClN2O5/c1-2-9-25-11-14(18(23)24)21-16(22)7-8-17-20-10-15(26-17)12-5-3-4-6-13(12)19/h2-6,10,14H,1,7-9,11H2,(H,21,22)(H,23,24). The summed E-state index contributed by atoms with van der Waals surface area (Å²) in [4.78, 5) is 27.2. The highest BCUT2D eigenvalue weighted by molar-refractivity contribution is 6.33. The molecule has 0 saturated heterocycles. The van der Waals surface area contributed by atoms with Gasteiger partial charge in [-0.1, -0.05) is 29.8 Å². The van der Waals surface area contributed by atoms with E-state index in [2.05, 4.69) is 16.9 Å². The first kappa shape index (κ1) is 19.7. The van der Waals surface area contributed by atoms with Crippen LogP contribution in [0.3, 0.4) is 0 Å². The molecule has 0 aliphatic rings. The summed E-state index contributed by atoms with van der Waals surface area (Å²) in [6.45, 7) is 3.54. The summed E-state index contributed by atoms with van der Waals surface area (Å²) in [5.74, 6) is -0.728. The number of carbonyl (C=O) groups is 2. The molecule has 2 rings (SSSR count). The molecule has 8 heteroatoms. The van der Waals surface area contributed by atoms with Gasteiger partial charge < -0.3 is 19.6 Å². The van der Waals surface area contributed by atoms with Crippen molar-refractivity contribution in [2.45, 2.75) is 18.9 Å². The zero-order chi connectivity index (χ0) is 18.9. The van der Waals surface area contributed by atoms with E-state index in [4.69, 9.17) is 25.9 Å². The van der Waals surface area contributed by atoms with Crippen LogP contribution >= 0.6 is 11.6 Å². The SMILES string of the molecule is C=CCOCC(NC(=O)CCc1ncc(-c2ccccc2Cl)o1)C(=O)O. The molecule has 138 valence electrons. The van der Waals surface area contributed by atoms with Crippen molar-refractivity contribution < 1.29 is 23.8 Å². The van der Waals surface area contributed by atoms with Gasteiger partial charge in [0.15, 0.2) is 17.7 Å². The minimum atomic E-state index is -1.17. The molecule has 2 N–H and O–H groups in total. The fourth-order valence-corrected chi connectivity index (χ4v) is 2.37. The van der Waals surface area contributed by atoms with Gasteiger partial charge >= 0.3 is 5.97 Å². The van der Waals surface area contributed by atoms with Crippen molar-refractivity contribution in [2.24, 2.45) is 0 Å². The van der Waals surface area contributed by atoms with Crippen LogP contribution in [0.5, 0.6) is 0 Å². The summed E-state index contributed by atoms with van der Waals surface area (Å²) in [7, 11) is 0. The van der Waals surface area contributed by atoms with Crippen LogP contribution in [0.2, 0.25) is 5.02 Å². The third-order valence-corrected chi connectivity index (χ3v) is 3.74. The molecule has 7 nitrogen and oxygen atoms in total. The molecule has 0 spiro atoms. The highest BCUT2D eigenvalue weighted by Gasteiger charge is 2.20. The number of carboxylic acids is 1. The van der Waals surface area contributed by atoms with E-state index in [1.807, 2.05) is 12.1 Å². The maximum atomic E-state index is 12.0. The van der Waals surface area contributed by atoms with E-state index >= 15 is 0 Å². The first-order chi connectivity index (χ1) is 12.5. The maximum Gasteiger partial charge on any atom is 0.328 e. The number of ether oxygens (including phenoxy) is 1. The Kier molecular flexibility index (Phi) is 7.37. The fraction of sp³-hybridized carbons (Fsp3) is 0.278. The molecule has 1 aromatic carbocycles. The Balaban J connectivity index is 1.88. The Hall–Kier alpha value is -2.64. The van der Waals surface area contributed by atoms with E-state index in [-0.39, 0.29) is 26.1 Å². The fourth-order valence-electron chi connectivity index (χ4n) is 2.14. The van der Waals surface area contributed by atoms with Crippen LogP contribution in [0.4, 0.5) is 0 Å². The first-order valence-corrected chi connectivity index (χ1v) is 8.29. The van der Waals surface area contributed by atoms with Crippen molar-refractivity contribution in [3.8, 4) is 11.3 Å². The molecule has 1 atom stereocenters. The van der Waals surface area contributed by atoms with Gasteiger partial charge in [-0.3, -0.25) is 4.79 Å². The number of rotatable bonds is 10. The number of carbonyl (C=O) groups excluding carboxylic acids is 1. The largest absolute Gasteiger partial charge is 0.480 e. The number of benzene rings is 1. The van der Waals surface area contributed by atoms with Crippen LogP contribution in [0.25, 0.3) is 11.3 Å². The molecule has 0 radical (unpaired) electrons. The van der Waals surface area contributed by atoms with Gasteiger partial charge in [0.05, 0.1) is 24.4 Å². The zero-order valence-corrected chi connectivity index (χ0v) is 14.7. The number of carboxylic acid groups (broad SMARTS) is 1.